The highest BCUT2D eigenvalue weighted by Crippen LogP contribution is 2.23. The van der Waals surface area contributed by atoms with Gasteiger partial charge in [0, 0.05) is 12.6 Å². The van der Waals surface area contributed by atoms with Gasteiger partial charge in [-0.1, -0.05) is 38.1 Å². The highest BCUT2D eigenvalue weighted by molar-refractivity contribution is 5.26. The molecule has 1 saturated heterocycles. The zero-order valence-corrected chi connectivity index (χ0v) is 13.8. The molecule has 0 saturated carbocycles. The van der Waals surface area contributed by atoms with Crippen LogP contribution in [0, 0.1) is 0 Å². The number of hydrogen-bond donors (Lipinski definition) is 1. The van der Waals surface area contributed by atoms with E-state index < -0.39 is 0 Å². The van der Waals surface area contributed by atoms with E-state index in [1.54, 1.807) is 0 Å². The maximum Gasteiger partial charge on any atom is 0.0723 e. The number of rotatable bonds is 6. The van der Waals surface area contributed by atoms with E-state index in [-0.39, 0.29) is 0 Å². The minimum atomic E-state index is 0.302. The lowest BCUT2D eigenvalue weighted by Gasteiger charge is -2.32. The van der Waals surface area contributed by atoms with Crippen LogP contribution in [0.25, 0.3) is 0 Å². The summed E-state index contributed by atoms with van der Waals surface area (Å²) in [5.41, 5.74) is 2.62. The molecule has 1 aromatic rings. The second-order valence-corrected chi connectivity index (χ2v) is 6.47. The Morgan fingerprint density at radius 2 is 1.76 bits per heavy atom. The summed E-state index contributed by atoms with van der Waals surface area (Å²) in [6.07, 6.45) is 2.91. The summed E-state index contributed by atoms with van der Waals surface area (Å²) in [5, 5.41) is 3.48. The zero-order valence-electron chi connectivity index (χ0n) is 13.8. The van der Waals surface area contributed by atoms with Crippen molar-refractivity contribution in [3.05, 3.63) is 35.4 Å². The average molecular weight is 291 g/mol. The molecule has 3 heteroatoms. The van der Waals surface area contributed by atoms with Crippen molar-refractivity contribution in [2.45, 2.75) is 78.0 Å². The first kappa shape index (κ1) is 16.5. The fraction of sp³-hybridized carbons (Fsp3) is 0.667. The first-order chi connectivity index (χ1) is 10.0. The van der Waals surface area contributed by atoms with Crippen molar-refractivity contribution in [1.29, 1.82) is 0 Å². The molecule has 1 fully saturated rings. The SMILES string of the molecule is CC(C)NCc1ccccc1COC1CC(C)OC(C)C1. The third-order valence-electron chi connectivity index (χ3n) is 3.95. The molecule has 0 radical (unpaired) electrons. The summed E-state index contributed by atoms with van der Waals surface area (Å²) in [7, 11) is 0. The predicted octanol–water partition coefficient (Wildman–Crippen LogP) is 3.66. The number of benzene rings is 1. The maximum absolute atomic E-state index is 6.15. The lowest BCUT2D eigenvalue weighted by Crippen LogP contribution is -2.34. The van der Waals surface area contributed by atoms with Crippen LogP contribution in [0.3, 0.4) is 0 Å². The van der Waals surface area contributed by atoms with Gasteiger partial charge in [0.1, 0.15) is 0 Å². The van der Waals surface area contributed by atoms with Crippen LogP contribution in [-0.2, 0) is 22.6 Å². The predicted molar refractivity (Wildman–Crippen MR) is 86.2 cm³/mol. The van der Waals surface area contributed by atoms with E-state index in [9.17, 15) is 0 Å². The third kappa shape index (κ3) is 5.42. The monoisotopic (exact) mass is 291 g/mol. The Hall–Kier alpha value is -0.900. The van der Waals surface area contributed by atoms with Gasteiger partial charge in [-0.05, 0) is 37.8 Å². The normalized spacial score (nSPS) is 26.2. The van der Waals surface area contributed by atoms with Gasteiger partial charge in [-0.2, -0.15) is 0 Å². The van der Waals surface area contributed by atoms with E-state index in [0.29, 0.717) is 31.0 Å². The smallest absolute Gasteiger partial charge is 0.0723 e. The molecule has 2 rings (SSSR count). The van der Waals surface area contributed by atoms with Crippen molar-refractivity contribution >= 4 is 0 Å². The third-order valence-corrected chi connectivity index (χ3v) is 3.95. The van der Waals surface area contributed by atoms with Gasteiger partial charge in [0.15, 0.2) is 0 Å². The zero-order chi connectivity index (χ0) is 15.2. The fourth-order valence-electron chi connectivity index (χ4n) is 2.87. The first-order valence-corrected chi connectivity index (χ1v) is 8.11. The molecule has 1 aliphatic rings. The Morgan fingerprint density at radius 3 is 2.38 bits per heavy atom. The van der Waals surface area contributed by atoms with Gasteiger partial charge in [-0.3, -0.25) is 0 Å². The van der Waals surface area contributed by atoms with Crippen molar-refractivity contribution in [3.63, 3.8) is 0 Å². The molecule has 0 aromatic heterocycles. The van der Waals surface area contributed by atoms with Crippen LogP contribution in [0.15, 0.2) is 24.3 Å². The molecule has 118 valence electrons. The second-order valence-electron chi connectivity index (χ2n) is 6.47. The Labute approximate surface area is 129 Å². The average Bonchev–Trinajstić information content (AvgIpc) is 2.42. The van der Waals surface area contributed by atoms with Crippen LogP contribution in [0.2, 0.25) is 0 Å². The van der Waals surface area contributed by atoms with Crippen molar-refractivity contribution in [2.75, 3.05) is 0 Å². The minimum absolute atomic E-state index is 0.302. The molecular weight excluding hydrogens is 262 g/mol. The van der Waals surface area contributed by atoms with Gasteiger partial charge < -0.3 is 14.8 Å². The van der Waals surface area contributed by atoms with E-state index in [1.807, 2.05) is 0 Å². The Morgan fingerprint density at radius 1 is 1.14 bits per heavy atom. The molecule has 0 aliphatic carbocycles. The molecule has 0 spiro atoms. The molecule has 0 bridgehead atoms. The second kappa shape index (κ2) is 7.92. The summed E-state index contributed by atoms with van der Waals surface area (Å²) < 4.78 is 11.9. The van der Waals surface area contributed by atoms with Crippen LogP contribution in [-0.4, -0.2) is 24.4 Å². The van der Waals surface area contributed by atoms with Crippen LogP contribution >= 0.6 is 0 Å². The molecular formula is C18H29NO2. The van der Waals surface area contributed by atoms with E-state index in [0.717, 1.165) is 19.4 Å². The highest BCUT2D eigenvalue weighted by Gasteiger charge is 2.25. The first-order valence-electron chi connectivity index (χ1n) is 8.11. The highest BCUT2D eigenvalue weighted by atomic mass is 16.5. The lowest BCUT2D eigenvalue weighted by atomic mass is 10.0. The summed E-state index contributed by atoms with van der Waals surface area (Å²) in [6, 6.07) is 9.04. The summed E-state index contributed by atoms with van der Waals surface area (Å²) in [6.45, 7) is 10.2. The molecule has 1 aromatic carbocycles. The molecule has 1 N–H and O–H groups in total. The van der Waals surface area contributed by atoms with E-state index >= 15 is 0 Å². The Balaban J connectivity index is 1.90. The summed E-state index contributed by atoms with van der Waals surface area (Å²) in [5.74, 6) is 0. The van der Waals surface area contributed by atoms with Crippen LogP contribution < -0.4 is 5.32 Å². The van der Waals surface area contributed by atoms with Gasteiger partial charge in [-0.15, -0.1) is 0 Å². The topological polar surface area (TPSA) is 30.5 Å². The Kier molecular flexibility index (Phi) is 6.22. The molecule has 2 unspecified atom stereocenters. The van der Waals surface area contributed by atoms with Gasteiger partial charge in [0.2, 0.25) is 0 Å². The number of nitrogens with one attached hydrogen (secondary N) is 1. The van der Waals surface area contributed by atoms with Gasteiger partial charge in [-0.25, -0.2) is 0 Å². The summed E-state index contributed by atoms with van der Waals surface area (Å²) in [4.78, 5) is 0. The van der Waals surface area contributed by atoms with Crippen molar-refractivity contribution in [3.8, 4) is 0 Å². The number of hydrogen-bond acceptors (Lipinski definition) is 3. The van der Waals surface area contributed by atoms with Gasteiger partial charge >= 0.3 is 0 Å². The largest absolute Gasteiger partial charge is 0.375 e. The number of ether oxygens (including phenoxy) is 2. The van der Waals surface area contributed by atoms with E-state index in [2.05, 4.69) is 57.3 Å². The fourth-order valence-corrected chi connectivity index (χ4v) is 2.87. The van der Waals surface area contributed by atoms with Crippen molar-refractivity contribution in [1.82, 2.24) is 5.32 Å². The lowest BCUT2D eigenvalue weighted by molar-refractivity contribution is -0.106. The molecule has 1 aliphatic heterocycles. The molecule has 3 nitrogen and oxygen atoms in total. The van der Waals surface area contributed by atoms with Crippen LogP contribution in [0.5, 0.6) is 0 Å². The molecule has 21 heavy (non-hydrogen) atoms. The molecule has 2 atom stereocenters. The van der Waals surface area contributed by atoms with Crippen molar-refractivity contribution in [2.24, 2.45) is 0 Å². The standard InChI is InChI=1S/C18H29NO2/c1-13(2)19-11-16-7-5-6-8-17(16)12-20-18-9-14(3)21-15(4)10-18/h5-8,13-15,18-19H,9-12H2,1-4H3. The molecule has 0 amide bonds. The maximum atomic E-state index is 6.15. The molecule has 1 heterocycles. The van der Waals surface area contributed by atoms with E-state index in [4.69, 9.17) is 9.47 Å². The van der Waals surface area contributed by atoms with Gasteiger partial charge in [0.05, 0.1) is 24.9 Å². The van der Waals surface area contributed by atoms with E-state index in [1.165, 1.54) is 11.1 Å². The van der Waals surface area contributed by atoms with Crippen LogP contribution in [0.1, 0.15) is 51.7 Å². The minimum Gasteiger partial charge on any atom is -0.375 e. The van der Waals surface area contributed by atoms with Crippen molar-refractivity contribution < 1.29 is 9.47 Å². The van der Waals surface area contributed by atoms with Gasteiger partial charge in [0.25, 0.3) is 0 Å². The Bertz CT molecular complexity index is 423. The van der Waals surface area contributed by atoms with Crippen LogP contribution in [0.4, 0.5) is 0 Å². The summed E-state index contributed by atoms with van der Waals surface area (Å²) >= 11 is 0. The quantitative estimate of drug-likeness (QED) is 0.867.